The summed E-state index contributed by atoms with van der Waals surface area (Å²) in [4.78, 5) is 28.0. The number of halogens is 4. The molecule has 0 aromatic heterocycles. The Hall–Kier alpha value is -2.79. The van der Waals surface area contributed by atoms with Crippen molar-refractivity contribution in [2.24, 2.45) is 0 Å². The lowest BCUT2D eigenvalue weighted by Gasteiger charge is -2.33. The molecule has 39 heavy (non-hydrogen) atoms. The first kappa shape index (κ1) is 30.7. The van der Waals surface area contributed by atoms with E-state index < -0.39 is 45.9 Å². The van der Waals surface area contributed by atoms with Gasteiger partial charge in [0.05, 0.1) is 22.5 Å². The Labute approximate surface area is 232 Å². The maximum atomic E-state index is 13.6. The standard InChI is InChI=1S/C27H33ClF3N3O4S/c1-19(26(36)32-22-11-7-4-8-12-22)33(16-15-20-9-5-3-6-10-20)25(35)18-34(39(2,37)38)24-17-21(27(29,30)31)13-14-23(24)28/h3,5-6,9-10,13-14,17,19,22H,4,7-8,11-12,15-16,18H2,1-2H3,(H,32,36)/t19-/m1/s1. The number of benzene rings is 2. The van der Waals surface area contributed by atoms with E-state index in [1.807, 2.05) is 30.3 Å². The van der Waals surface area contributed by atoms with Crippen LogP contribution < -0.4 is 9.62 Å². The van der Waals surface area contributed by atoms with Gasteiger partial charge in [0.15, 0.2) is 0 Å². The number of rotatable bonds is 10. The second-order valence-corrected chi connectivity index (χ2v) is 12.1. The number of carbonyl (C=O) groups excluding carboxylic acids is 2. The molecule has 3 rings (SSSR count). The van der Waals surface area contributed by atoms with Crippen molar-refractivity contribution in [3.8, 4) is 0 Å². The highest BCUT2D eigenvalue weighted by Gasteiger charge is 2.35. The molecule has 0 saturated heterocycles. The molecule has 12 heteroatoms. The van der Waals surface area contributed by atoms with Gasteiger partial charge >= 0.3 is 6.18 Å². The fourth-order valence-corrected chi connectivity index (χ4v) is 5.74. The van der Waals surface area contributed by atoms with Gasteiger partial charge in [0.1, 0.15) is 12.6 Å². The van der Waals surface area contributed by atoms with Crippen LogP contribution in [0.4, 0.5) is 18.9 Å². The number of anilines is 1. The van der Waals surface area contributed by atoms with Gasteiger partial charge in [-0.1, -0.05) is 61.2 Å². The Bertz CT molecular complexity index is 1250. The Balaban J connectivity index is 1.89. The van der Waals surface area contributed by atoms with E-state index in [1.165, 1.54) is 4.90 Å². The number of nitrogens with zero attached hydrogens (tertiary/aromatic N) is 2. The van der Waals surface area contributed by atoms with Gasteiger partial charge in [0.2, 0.25) is 21.8 Å². The second kappa shape index (κ2) is 13.0. The lowest BCUT2D eigenvalue weighted by atomic mass is 9.95. The Kier molecular flexibility index (Phi) is 10.3. The van der Waals surface area contributed by atoms with Crippen LogP contribution in [0.25, 0.3) is 0 Å². The summed E-state index contributed by atoms with van der Waals surface area (Å²) >= 11 is 6.11. The molecule has 1 atom stereocenters. The van der Waals surface area contributed by atoms with E-state index in [-0.39, 0.29) is 23.5 Å². The van der Waals surface area contributed by atoms with Gasteiger partial charge in [-0.05, 0) is 49.9 Å². The third kappa shape index (κ3) is 8.60. The Morgan fingerprint density at radius 3 is 2.31 bits per heavy atom. The Morgan fingerprint density at radius 1 is 1.08 bits per heavy atom. The van der Waals surface area contributed by atoms with Crippen molar-refractivity contribution in [3.63, 3.8) is 0 Å². The topological polar surface area (TPSA) is 86.8 Å². The molecular weight excluding hydrogens is 555 g/mol. The van der Waals surface area contributed by atoms with E-state index in [2.05, 4.69) is 5.32 Å². The molecule has 1 aliphatic rings. The van der Waals surface area contributed by atoms with Crippen LogP contribution in [-0.4, -0.2) is 56.6 Å². The largest absolute Gasteiger partial charge is 0.416 e. The third-order valence-corrected chi connectivity index (χ3v) is 8.27. The monoisotopic (exact) mass is 587 g/mol. The fraction of sp³-hybridized carbons (Fsp3) is 0.481. The van der Waals surface area contributed by atoms with Crippen molar-refractivity contribution in [2.75, 3.05) is 23.7 Å². The molecule has 2 amide bonds. The van der Waals surface area contributed by atoms with Crippen molar-refractivity contribution >= 4 is 39.1 Å². The highest BCUT2D eigenvalue weighted by atomic mass is 35.5. The average Bonchev–Trinajstić information content (AvgIpc) is 2.87. The SMILES string of the molecule is C[C@H](C(=O)NC1CCCCC1)N(CCc1ccccc1)C(=O)CN(c1cc(C(F)(F)F)ccc1Cl)S(C)(=O)=O. The molecule has 0 heterocycles. The zero-order valence-electron chi connectivity index (χ0n) is 21.9. The molecule has 2 aromatic carbocycles. The van der Waals surface area contributed by atoms with Crippen molar-refractivity contribution in [1.82, 2.24) is 10.2 Å². The minimum Gasteiger partial charge on any atom is -0.352 e. The van der Waals surface area contributed by atoms with E-state index in [0.29, 0.717) is 16.8 Å². The molecule has 2 aromatic rings. The first-order chi connectivity index (χ1) is 18.3. The van der Waals surface area contributed by atoms with Gasteiger partial charge in [-0.2, -0.15) is 13.2 Å². The predicted octanol–water partition coefficient (Wildman–Crippen LogP) is 5.03. The van der Waals surface area contributed by atoms with Crippen molar-refractivity contribution in [3.05, 3.63) is 64.7 Å². The van der Waals surface area contributed by atoms with E-state index in [9.17, 15) is 31.2 Å². The van der Waals surface area contributed by atoms with Gasteiger partial charge in [-0.15, -0.1) is 0 Å². The zero-order valence-corrected chi connectivity index (χ0v) is 23.5. The summed E-state index contributed by atoms with van der Waals surface area (Å²) in [6.45, 7) is 0.828. The van der Waals surface area contributed by atoms with Crippen LogP contribution in [0.2, 0.25) is 5.02 Å². The van der Waals surface area contributed by atoms with Crippen LogP contribution in [-0.2, 0) is 32.2 Å². The summed E-state index contributed by atoms with van der Waals surface area (Å²) in [5.41, 5.74) is -0.676. The molecule has 0 unspecified atom stereocenters. The second-order valence-electron chi connectivity index (χ2n) is 9.78. The molecular formula is C27H33ClF3N3O4S. The van der Waals surface area contributed by atoms with Gasteiger partial charge in [0.25, 0.3) is 0 Å². The summed E-state index contributed by atoms with van der Waals surface area (Å²) in [5, 5.41) is 2.73. The highest BCUT2D eigenvalue weighted by Crippen LogP contribution is 2.36. The van der Waals surface area contributed by atoms with Crippen LogP contribution in [0.1, 0.15) is 50.2 Å². The maximum Gasteiger partial charge on any atom is 0.416 e. The zero-order chi connectivity index (χ0) is 28.8. The van der Waals surface area contributed by atoms with Crippen LogP contribution in [0, 0.1) is 0 Å². The lowest BCUT2D eigenvalue weighted by Crippen LogP contribution is -2.53. The third-order valence-electron chi connectivity index (χ3n) is 6.82. The molecule has 1 fully saturated rings. The molecule has 0 spiro atoms. The molecule has 1 N–H and O–H groups in total. The van der Waals surface area contributed by atoms with Gasteiger partial charge in [0, 0.05) is 12.6 Å². The lowest BCUT2D eigenvalue weighted by molar-refractivity contribution is -0.139. The molecule has 0 bridgehead atoms. The summed E-state index contributed by atoms with van der Waals surface area (Å²) in [5.74, 6) is -1.11. The van der Waals surface area contributed by atoms with Crippen molar-refractivity contribution < 1.29 is 31.2 Å². The smallest absolute Gasteiger partial charge is 0.352 e. The number of sulfonamides is 1. The van der Waals surface area contributed by atoms with Crippen molar-refractivity contribution in [1.29, 1.82) is 0 Å². The van der Waals surface area contributed by atoms with E-state index >= 15 is 0 Å². The van der Waals surface area contributed by atoms with Crippen LogP contribution >= 0.6 is 11.6 Å². The summed E-state index contributed by atoms with van der Waals surface area (Å²) < 4.78 is 66.0. The number of alkyl halides is 3. The van der Waals surface area contributed by atoms with Crippen LogP contribution in [0.15, 0.2) is 48.5 Å². The van der Waals surface area contributed by atoms with Gasteiger partial charge in [-0.3, -0.25) is 13.9 Å². The normalized spacial score (nSPS) is 15.4. The molecule has 0 radical (unpaired) electrons. The van der Waals surface area contributed by atoms with Gasteiger partial charge < -0.3 is 10.2 Å². The number of hydrogen-bond donors (Lipinski definition) is 1. The minimum atomic E-state index is -4.75. The molecule has 214 valence electrons. The van der Waals surface area contributed by atoms with Crippen LogP contribution in [0.3, 0.4) is 0 Å². The molecule has 1 saturated carbocycles. The minimum absolute atomic E-state index is 0.00351. The molecule has 0 aliphatic heterocycles. The number of hydrogen-bond acceptors (Lipinski definition) is 4. The molecule has 1 aliphatic carbocycles. The number of nitrogens with one attached hydrogen (secondary N) is 1. The summed E-state index contributed by atoms with van der Waals surface area (Å²) in [6.07, 6.45) is 1.19. The van der Waals surface area contributed by atoms with E-state index in [4.69, 9.17) is 11.6 Å². The Morgan fingerprint density at radius 2 is 1.72 bits per heavy atom. The first-order valence-corrected chi connectivity index (χ1v) is 15.0. The average molecular weight is 588 g/mol. The maximum absolute atomic E-state index is 13.6. The van der Waals surface area contributed by atoms with Gasteiger partial charge in [-0.25, -0.2) is 8.42 Å². The first-order valence-electron chi connectivity index (χ1n) is 12.8. The number of carbonyl (C=O) groups is 2. The predicted molar refractivity (Wildman–Crippen MR) is 145 cm³/mol. The van der Waals surface area contributed by atoms with Crippen LogP contribution in [0.5, 0.6) is 0 Å². The fourth-order valence-electron chi connectivity index (χ4n) is 4.61. The van der Waals surface area contributed by atoms with E-state index in [0.717, 1.165) is 56.1 Å². The molecule has 7 nitrogen and oxygen atoms in total. The summed E-state index contributed by atoms with van der Waals surface area (Å²) in [7, 11) is -4.23. The quantitative estimate of drug-likeness (QED) is 0.422. The van der Waals surface area contributed by atoms with E-state index in [1.54, 1.807) is 6.92 Å². The number of amides is 2. The summed E-state index contributed by atoms with van der Waals surface area (Å²) in [6, 6.07) is 10.6. The highest BCUT2D eigenvalue weighted by molar-refractivity contribution is 7.92. The van der Waals surface area contributed by atoms with Crippen molar-refractivity contribution in [2.45, 2.75) is 63.7 Å².